The van der Waals surface area contributed by atoms with Crippen LogP contribution in [0.3, 0.4) is 0 Å². The summed E-state index contributed by atoms with van der Waals surface area (Å²) >= 11 is 0.0662. The predicted molar refractivity (Wildman–Crippen MR) is 92.5 cm³/mol. The van der Waals surface area contributed by atoms with Crippen LogP contribution in [0.5, 0.6) is 0 Å². The molecule has 0 aromatic heterocycles. The van der Waals surface area contributed by atoms with Crippen LogP contribution < -0.4 is 4.46 Å². The summed E-state index contributed by atoms with van der Waals surface area (Å²) in [4.78, 5) is 12.9. The predicted octanol–water partition coefficient (Wildman–Crippen LogP) is 3.89. The molecule has 1 unspecified atom stereocenters. The molecule has 22 heavy (non-hydrogen) atoms. The van der Waals surface area contributed by atoms with E-state index in [0.717, 1.165) is 19.3 Å². The van der Waals surface area contributed by atoms with Gasteiger partial charge in [0.1, 0.15) is 0 Å². The first-order chi connectivity index (χ1) is 10.7. The molecule has 3 heteroatoms. The SMILES string of the molecule is C=CCC([Se]c1ccccc1)(C(=O)OCC)C1CCCCC1. The molecule has 0 amide bonds. The van der Waals surface area contributed by atoms with Crippen LogP contribution >= 0.6 is 0 Å². The zero-order chi connectivity index (χ0) is 15.8. The van der Waals surface area contributed by atoms with Gasteiger partial charge in [-0.15, -0.1) is 0 Å². The van der Waals surface area contributed by atoms with Gasteiger partial charge in [-0.25, -0.2) is 0 Å². The van der Waals surface area contributed by atoms with E-state index in [-0.39, 0.29) is 25.2 Å². The summed E-state index contributed by atoms with van der Waals surface area (Å²) in [5.41, 5.74) is 0. The molecule has 0 aliphatic heterocycles. The molecule has 1 atom stereocenters. The van der Waals surface area contributed by atoms with Crippen LogP contribution in [0.2, 0.25) is 4.31 Å². The Balaban J connectivity index is 2.34. The van der Waals surface area contributed by atoms with Crippen molar-refractivity contribution in [2.24, 2.45) is 5.92 Å². The average Bonchev–Trinajstić information content (AvgIpc) is 2.56. The zero-order valence-electron chi connectivity index (χ0n) is 13.4. The van der Waals surface area contributed by atoms with Gasteiger partial charge in [-0.05, 0) is 0 Å². The van der Waals surface area contributed by atoms with Crippen molar-refractivity contribution in [1.29, 1.82) is 0 Å². The Morgan fingerprint density at radius 3 is 2.59 bits per heavy atom. The number of allylic oxidation sites excluding steroid dienone is 1. The van der Waals surface area contributed by atoms with Gasteiger partial charge in [-0.2, -0.15) is 0 Å². The summed E-state index contributed by atoms with van der Waals surface area (Å²) in [7, 11) is 0. The van der Waals surface area contributed by atoms with E-state index in [0.29, 0.717) is 12.5 Å². The van der Waals surface area contributed by atoms with E-state index in [4.69, 9.17) is 4.74 Å². The van der Waals surface area contributed by atoms with E-state index in [9.17, 15) is 4.79 Å². The van der Waals surface area contributed by atoms with E-state index in [1.807, 2.05) is 19.1 Å². The van der Waals surface area contributed by atoms with Crippen molar-refractivity contribution >= 4 is 25.4 Å². The van der Waals surface area contributed by atoms with E-state index in [1.54, 1.807) is 0 Å². The second-order valence-electron chi connectivity index (χ2n) is 5.85. The third-order valence-corrected chi connectivity index (χ3v) is 7.60. The molecule has 1 saturated carbocycles. The van der Waals surface area contributed by atoms with Crippen LogP contribution in [0.15, 0.2) is 43.0 Å². The molecular formula is C19H26O2Se. The summed E-state index contributed by atoms with van der Waals surface area (Å²) in [6, 6.07) is 10.4. The van der Waals surface area contributed by atoms with Crippen molar-refractivity contribution in [3.05, 3.63) is 43.0 Å². The first kappa shape index (κ1) is 17.3. The van der Waals surface area contributed by atoms with Crippen molar-refractivity contribution in [3.8, 4) is 0 Å². The first-order valence-corrected chi connectivity index (χ1v) is 9.96. The average molecular weight is 365 g/mol. The molecule has 120 valence electrons. The number of carbonyl (C=O) groups is 1. The third-order valence-electron chi connectivity index (χ3n) is 4.38. The van der Waals surface area contributed by atoms with E-state index in [2.05, 4.69) is 30.8 Å². The fourth-order valence-corrected chi connectivity index (χ4v) is 6.38. The van der Waals surface area contributed by atoms with Crippen LogP contribution in [0.1, 0.15) is 45.4 Å². The fourth-order valence-electron chi connectivity index (χ4n) is 3.32. The number of esters is 1. The fraction of sp³-hybridized carbons (Fsp3) is 0.526. The Morgan fingerprint density at radius 2 is 2.00 bits per heavy atom. The summed E-state index contributed by atoms with van der Waals surface area (Å²) in [5.74, 6) is 0.421. The quantitative estimate of drug-likeness (QED) is 0.416. The molecule has 0 spiro atoms. The van der Waals surface area contributed by atoms with Crippen LogP contribution in [0.4, 0.5) is 0 Å². The van der Waals surface area contributed by atoms with Gasteiger partial charge in [-0.3, -0.25) is 0 Å². The summed E-state index contributed by atoms with van der Waals surface area (Å²) in [5, 5.41) is 0. The molecule has 0 heterocycles. The molecule has 0 radical (unpaired) electrons. The number of benzene rings is 1. The molecule has 0 saturated heterocycles. The second-order valence-corrected chi connectivity index (χ2v) is 8.80. The van der Waals surface area contributed by atoms with E-state index < -0.39 is 0 Å². The summed E-state index contributed by atoms with van der Waals surface area (Å²) < 4.78 is 6.41. The second kappa shape index (κ2) is 8.55. The third kappa shape index (κ3) is 4.02. The number of hydrogen-bond donors (Lipinski definition) is 0. The van der Waals surface area contributed by atoms with Crippen LogP contribution in [-0.4, -0.2) is 27.5 Å². The van der Waals surface area contributed by atoms with Gasteiger partial charge in [0.15, 0.2) is 0 Å². The Bertz CT molecular complexity index is 479. The molecule has 1 aliphatic carbocycles. The van der Waals surface area contributed by atoms with Crippen LogP contribution in [-0.2, 0) is 9.53 Å². The Labute approximate surface area is 140 Å². The van der Waals surface area contributed by atoms with Gasteiger partial charge < -0.3 is 0 Å². The van der Waals surface area contributed by atoms with Crippen LogP contribution in [0, 0.1) is 5.92 Å². The minimum absolute atomic E-state index is 0.00865. The standard InChI is InChI=1S/C19H26O2Se/c1-3-15-19(18(20)21-4-2,16-11-7-5-8-12-16)22-17-13-9-6-10-14-17/h3,6,9-10,13-14,16H,1,4-5,7-8,11-12,15H2,2H3. The number of rotatable bonds is 7. The zero-order valence-corrected chi connectivity index (χ0v) is 15.1. The molecule has 1 aromatic rings. The number of ether oxygens (including phenoxy) is 1. The van der Waals surface area contributed by atoms with Crippen LogP contribution in [0.25, 0.3) is 0 Å². The maximum absolute atomic E-state index is 12.9. The van der Waals surface area contributed by atoms with Crippen molar-refractivity contribution in [3.63, 3.8) is 0 Å². The van der Waals surface area contributed by atoms with E-state index >= 15 is 0 Å². The van der Waals surface area contributed by atoms with Gasteiger partial charge in [0, 0.05) is 0 Å². The van der Waals surface area contributed by atoms with E-state index in [1.165, 1.54) is 23.7 Å². The Kier molecular flexibility index (Phi) is 6.72. The maximum atomic E-state index is 12.9. The molecule has 0 bridgehead atoms. The van der Waals surface area contributed by atoms with Gasteiger partial charge in [0.2, 0.25) is 0 Å². The summed E-state index contributed by atoms with van der Waals surface area (Å²) in [6.07, 6.45) is 8.67. The Hall–Kier alpha value is -1.05. The van der Waals surface area contributed by atoms with Gasteiger partial charge >= 0.3 is 140 Å². The van der Waals surface area contributed by atoms with Crippen molar-refractivity contribution < 1.29 is 9.53 Å². The Morgan fingerprint density at radius 1 is 1.32 bits per heavy atom. The molecule has 1 fully saturated rings. The molecule has 2 nitrogen and oxygen atoms in total. The molecular weight excluding hydrogens is 339 g/mol. The first-order valence-electron chi connectivity index (χ1n) is 8.25. The van der Waals surface area contributed by atoms with Gasteiger partial charge in [-0.1, -0.05) is 0 Å². The van der Waals surface area contributed by atoms with Crippen molar-refractivity contribution in [2.75, 3.05) is 6.61 Å². The molecule has 1 aromatic carbocycles. The summed E-state index contributed by atoms with van der Waals surface area (Å²) in [6.45, 7) is 6.28. The topological polar surface area (TPSA) is 26.3 Å². The molecule has 2 rings (SSSR count). The van der Waals surface area contributed by atoms with Crippen molar-refractivity contribution in [2.45, 2.75) is 49.8 Å². The molecule has 1 aliphatic rings. The normalized spacial score (nSPS) is 18.4. The van der Waals surface area contributed by atoms with Gasteiger partial charge in [0.05, 0.1) is 0 Å². The van der Waals surface area contributed by atoms with Crippen molar-refractivity contribution in [1.82, 2.24) is 0 Å². The number of hydrogen-bond acceptors (Lipinski definition) is 2. The molecule has 0 N–H and O–H groups in total. The van der Waals surface area contributed by atoms with Gasteiger partial charge in [0.25, 0.3) is 0 Å². The minimum atomic E-state index is -0.382. The monoisotopic (exact) mass is 366 g/mol. The number of carbonyl (C=O) groups excluding carboxylic acids is 1.